The molecule has 4 heteroatoms. The second-order valence-electron chi connectivity index (χ2n) is 6.77. The summed E-state index contributed by atoms with van der Waals surface area (Å²) in [7, 11) is 0. The molecule has 1 aromatic carbocycles. The highest BCUT2D eigenvalue weighted by molar-refractivity contribution is 6.35. The minimum absolute atomic E-state index is 0.0642. The maximum Gasteiger partial charge on any atom is 0.338 e. The van der Waals surface area contributed by atoms with Crippen LogP contribution < -0.4 is 0 Å². The number of hydrogen-bond donors (Lipinski definition) is 0. The SMILES string of the molecule is O=C1OC2=C(CCCC2)[C@H](N2CCCC2)[C@@]1(Cl)c1ccccc1. The standard InChI is InChI=1S/C19H22ClNO2/c20-19(14-8-2-1-3-9-14)17(21-12-6-7-13-21)15-10-4-5-11-16(15)23-18(19)22/h1-3,8-9,17H,4-7,10-13H2/t17-,19-/m0/s1. The van der Waals surface area contributed by atoms with Crippen LogP contribution in [0.15, 0.2) is 41.7 Å². The van der Waals surface area contributed by atoms with Crippen LogP contribution in [0.25, 0.3) is 0 Å². The number of alkyl halides is 1. The molecule has 23 heavy (non-hydrogen) atoms. The Morgan fingerprint density at radius 2 is 1.74 bits per heavy atom. The fourth-order valence-corrected chi connectivity index (χ4v) is 4.71. The molecule has 2 atom stereocenters. The topological polar surface area (TPSA) is 29.5 Å². The largest absolute Gasteiger partial charge is 0.429 e. The number of rotatable bonds is 2. The fraction of sp³-hybridized carbons (Fsp3) is 0.526. The zero-order valence-electron chi connectivity index (χ0n) is 13.3. The Hall–Kier alpha value is -1.32. The summed E-state index contributed by atoms with van der Waals surface area (Å²) in [6.45, 7) is 2.02. The van der Waals surface area contributed by atoms with Gasteiger partial charge in [0.05, 0.1) is 6.04 Å². The molecule has 122 valence electrons. The molecule has 2 heterocycles. The number of carbonyl (C=O) groups is 1. The van der Waals surface area contributed by atoms with E-state index in [9.17, 15) is 4.79 Å². The van der Waals surface area contributed by atoms with Crippen molar-refractivity contribution in [2.24, 2.45) is 0 Å². The van der Waals surface area contributed by atoms with Gasteiger partial charge in [-0.25, -0.2) is 4.79 Å². The Bertz CT molecular complexity index is 636. The molecule has 1 fully saturated rings. The maximum absolute atomic E-state index is 12.9. The van der Waals surface area contributed by atoms with E-state index in [2.05, 4.69) is 4.90 Å². The van der Waals surface area contributed by atoms with Gasteiger partial charge in [-0.15, -0.1) is 0 Å². The number of allylic oxidation sites excluding steroid dienone is 1. The van der Waals surface area contributed by atoms with Gasteiger partial charge in [-0.2, -0.15) is 0 Å². The number of likely N-dealkylation sites (tertiary alicyclic amines) is 1. The van der Waals surface area contributed by atoms with E-state index in [1.807, 2.05) is 30.3 Å². The van der Waals surface area contributed by atoms with Gasteiger partial charge in [-0.3, -0.25) is 4.90 Å². The lowest BCUT2D eigenvalue weighted by Gasteiger charge is -2.45. The van der Waals surface area contributed by atoms with Crippen LogP contribution in [0.1, 0.15) is 44.1 Å². The predicted octanol–water partition coefficient (Wildman–Crippen LogP) is 3.97. The van der Waals surface area contributed by atoms with Gasteiger partial charge < -0.3 is 4.74 Å². The van der Waals surface area contributed by atoms with Crippen molar-refractivity contribution < 1.29 is 9.53 Å². The van der Waals surface area contributed by atoms with E-state index in [4.69, 9.17) is 16.3 Å². The minimum atomic E-state index is -1.12. The first-order chi connectivity index (χ1) is 11.2. The number of esters is 1. The molecule has 4 rings (SSSR count). The Balaban J connectivity index is 1.85. The van der Waals surface area contributed by atoms with Gasteiger partial charge in [0.2, 0.25) is 0 Å². The highest BCUT2D eigenvalue weighted by Crippen LogP contribution is 2.48. The van der Waals surface area contributed by atoms with Crippen molar-refractivity contribution >= 4 is 17.6 Å². The average Bonchev–Trinajstić information content (AvgIpc) is 3.11. The summed E-state index contributed by atoms with van der Waals surface area (Å²) in [5.41, 5.74) is 2.11. The van der Waals surface area contributed by atoms with Gasteiger partial charge >= 0.3 is 5.97 Å². The Kier molecular flexibility index (Phi) is 3.94. The van der Waals surface area contributed by atoms with Crippen molar-refractivity contribution in [1.29, 1.82) is 0 Å². The minimum Gasteiger partial charge on any atom is -0.429 e. The third-order valence-electron chi connectivity index (χ3n) is 5.38. The van der Waals surface area contributed by atoms with E-state index in [-0.39, 0.29) is 12.0 Å². The third-order valence-corrected chi connectivity index (χ3v) is 5.96. The van der Waals surface area contributed by atoms with Crippen LogP contribution in [-0.2, 0) is 14.4 Å². The Morgan fingerprint density at radius 1 is 1.04 bits per heavy atom. The molecule has 0 aromatic heterocycles. The van der Waals surface area contributed by atoms with Crippen LogP contribution >= 0.6 is 11.6 Å². The first-order valence-corrected chi connectivity index (χ1v) is 9.02. The van der Waals surface area contributed by atoms with E-state index < -0.39 is 4.87 Å². The second kappa shape index (κ2) is 5.95. The van der Waals surface area contributed by atoms with Gasteiger partial charge in [0, 0.05) is 6.42 Å². The first-order valence-electron chi connectivity index (χ1n) is 8.64. The maximum atomic E-state index is 12.9. The summed E-state index contributed by atoms with van der Waals surface area (Å²) < 4.78 is 5.73. The van der Waals surface area contributed by atoms with Gasteiger partial charge in [-0.05, 0) is 56.3 Å². The van der Waals surface area contributed by atoms with Gasteiger partial charge in [-0.1, -0.05) is 41.9 Å². The van der Waals surface area contributed by atoms with E-state index in [1.165, 1.54) is 18.4 Å². The number of benzene rings is 1. The smallest absolute Gasteiger partial charge is 0.338 e. The zero-order valence-corrected chi connectivity index (χ0v) is 14.0. The summed E-state index contributed by atoms with van der Waals surface area (Å²) in [5.74, 6) is 0.591. The molecule has 2 aliphatic heterocycles. The predicted molar refractivity (Wildman–Crippen MR) is 90.2 cm³/mol. The molecular weight excluding hydrogens is 310 g/mol. The number of hydrogen-bond acceptors (Lipinski definition) is 3. The highest BCUT2D eigenvalue weighted by Gasteiger charge is 2.55. The molecule has 0 radical (unpaired) electrons. The molecular formula is C19H22ClNO2. The molecule has 0 amide bonds. The Labute approximate surface area is 142 Å². The summed E-state index contributed by atoms with van der Waals surface area (Å²) in [6.07, 6.45) is 6.46. The van der Waals surface area contributed by atoms with Crippen molar-refractivity contribution in [3.8, 4) is 0 Å². The quantitative estimate of drug-likeness (QED) is 0.606. The summed E-state index contributed by atoms with van der Waals surface area (Å²) in [5, 5.41) is 0. The van der Waals surface area contributed by atoms with E-state index in [1.54, 1.807) is 0 Å². The summed E-state index contributed by atoms with van der Waals surface area (Å²) >= 11 is 7.07. The summed E-state index contributed by atoms with van der Waals surface area (Å²) in [6, 6.07) is 9.67. The lowest BCUT2D eigenvalue weighted by Crippen LogP contribution is -2.55. The number of carbonyl (C=O) groups excluding carboxylic acids is 1. The van der Waals surface area contributed by atoms with Crippen molar-refractivity contribution in [1.82, 2.24) is 4.90 Å². The molecule has 0 unspecified atom stereocenters. The average molecular weight is 332 g/mol. The lowest BCUT2D eigenvalue weighted by atomic mass is 9.78. The number of nitrogens with zero attached hydrogens (tertiary/aromatic N) is 1. The van der Waals surface area contributed by atoms with Crippen LogP contribution in [0.4, 0.5) is 0 Å². The molecule has 1 aliphatic carbocycles. The van der Waals surface area contributed by atoms with E-state index >= 15 is 0 Å². The lowest BCUT2D eigenvalue weighted by molar-refractivity contribution is -0.147. The molecule has 1 saturated heterocycles. The van der Waals surface area contributed by atoms with Crippen molar-refractivity contribution in [3.05, 3.63) is 47.2 Å². The molecule has 0 spiro atoms. The van der Waals surface area contributed by atoms with Crippen molar-refractivity contribution in [3.63, 3.8) is 0 Å². The number of ether oxygens (including phenoxy) is 1. The van der Waals surface area contributed by atoms with Crippen molar-refractivity contribution in [2.45, 2.75) is 49.4 Å². The highest BCUT2D eigenvalue weighted by atomic mass is 35.5. The molecule has 1 aromatic rings. The summed E-state index contributed by atoms with van der Waals surface area (Å²) in [4.78, 5) is 14.2. The fourth-order valence-electron chi connectivity index (χ4n) is 4.27. The van der Waals surface area contributed by atoms with Gasteiger partial charge in [0.25, 0.3) is 0 Å². The molecule has 3 aliphatic rings. The Morgan fingerprint density at radius 3 is 2.48 bits per heavy atom. The number of halogens is 1. The molecule has 0 N–H and O–H groups in total. The van der Waals surface area contributed by atoms with Gasteiger partial charge in [0.15, 0.2) is 4.87 Å². The third kappa shape index (κ3) is 2.41. The van der Waals surface area contributed by atoms with Crippen molar-refractivity contribution in [2.75, 3.05) is 13.1 Å². The first kappa shape index (κ1) is 15.2. The van der Waals surface area contributed by atoms with Crippen LogP contribution in [-0.4, -0.2) is 30.0 Å². The van der Waals surface area contributed by atoms with Gasteiger partial charge in [0.1, 0.15) is 5.76 Å². The van der Waals surface area contributed by atoms with Crippen LogP contribution in [0.2, 0.25) is 0 Å². The normalized spacial score (nSPS) is 31.9. The zero-order chi connectivity index (χ0) is 15.9. The molecule has 0 bridgehead atoms. The van der Waals surface area contributed by atoms with E-state index in [0.29, 0.717) is 0 Å². The van der Waals surface area contributed by atoms with Crippen LogP contribution in [0.5, 0.6) is 0 Å². The molecule has 0 saturated carbocycles. The van der Waals surface area contributed by atoms with Crippen LogP contribution in [0.3, 0.4) is 0 Å². The molecule has 3 nitrogen and oxygen atoms in total. The van der Waals surface area contributed by atoms with E-state index in [0.717, 1.165) is 50.1 Å². The second-order valence-corrected chi connectivity index (χ2v) is 7.36. The monoisotopic (exact) mass is 331 g/mol. The van der Waals surface area contributed by atoms with Crippen LogP contribution in [0, 0.1) is 0 Å².